The summed E-state index contributed by atoms with van der Waals surface area (Å²) in [5.41, 5.74) is -0.421. The number of sulfone groups is 1. The van der Waals surface area contributed by atoms with Crippen molar-refractivity contribution in [1.82, 2.24) is 5.16 Å². The highest BCUT2D eigenvalue weighted by Crippen LogP contribution is 2.09. The number of nitrogens with zero attached hydrogens (tertiary/aromatic N) is 1. The molecule has 7 heteroatoms. The molecule has 0 aliphatic carbocycles. The van der Waals surface area contributed by atoms with Crippen LogP contribution in [-0.4, -0.2) is 30.9 Å². The van der Waals surface area contributed by atoms with Crippen molar-refractivity contribution in [2.45, 2.75) is 5.09 Å². The molecule has 1 aromatic rings. The first-order valence-electron chi connectivity index (χ1n) is 2.81. The molecule has 0 amide bonds. The van der Waals surface area contributed by atoms with Crippen LogP contribution in [0, 0.1) is 0 Å². The molecule has 1 heterocycles. The monoisotopic (exact) mass is 191 g/mol. The molecule has 0 unspecified atom stereocenters. The highest BCUT2D eigenvalue weighted by molar-refractivity contribution is 7.90. The van der Waals surface area contributed by atoms with Crippen LogP contribution in [0.2, 0.25) is 0 Å². The van der Waals surface area contributed by atoms with Gasteiger partial charge in [-0.2, -0.15) is 0 Å². The molecule has 0 spiro atoms. The van der Waals surface area contributed by atoms with Gasteiger partial charge in [-0.1, -0.05) is 5.16 Å². The van der Waals surface area contributed by atoms with E-state index in [1.54, 1.807) is 0 Å². The van der Waals surface area contributed by atoms with Crippen LogP contribution in [0.25, 0.3) is 0 Å². The van der Waals surface area contributed by atoms with Gasteiger partial charge in [0.1, 0.15) is 0 Å². The minimum absolute atomic E-state index is 0.421. The smallest absolute Gasteiger partial charge is 0.358 e. The number of carboxylic acids is 1. The van der Waals surface area contributed by atoms with E-state index in [0.717, 1.165) is 12.3 Å². The van der Waals surface area contributed by atoms with E-state index in [0.29, 0.717) is 0 Å². The summed E-state index contributed by atoms with van der Waals surface area (Å²) in [4.78, 5) is 10.2. The Morgan fingerprint density at radius 2 is 2.25 bits per heavy atom. The van der Waals surface area contributed by atoms with Gasteiger partial charge in [0.2, 0.25) is 9.84 Å². The third-order valence-electron chi connectivity index (χ3n) is 1.07. The average molecular weight is 191 g/mol. The Kier molecular flexibility index (Phi) is 1.89. The number of carbonyl (C=O) groups is 1. The lowest BCUT2D eigenvalue weighted by Gasteiger charge is -1.84. The SMILES string of the molecule is CS(=O)(=O)c1cc(C(=O)O)no1. The van der Waals surface area contributed by atoms with E-state index in [9.17, 15) is 13.2 Å². The zero-order valence-electron chi connectivity index (χ0n) is 6.01. The summed E-state index contributed by atoms with van der Waals surface area (Å²) >= 11 is 0. The molecule has 12 heavy (non-hydrogen) atoms. The number of rotatable bonds is 2. The molecule has 0 saturated carbocycles. The summed E-state index contributed by atoms with van der Waals surface area (Å²) in [6, 6.07) is 0.859. The summed E-state index contributed by atoms with van der Waals surface area (Å²) < 4.78 is 25.8. The second-order valence-corrected chi connectivity index (χ2v) is 4.06. The summed E-state index contributed by atoms with van der Waals surface area (Å²) in [5.74, 6) is -1.33. The van der Waals surface area contributed by atoms with Gasteiger partial charge in [0.15, 0.2) is 5.69 Å². The second-order valence-electron chi connectivity index (χ2n) is 2.11. The van der Waals surface area contributed by atoms with Gasteiger partial charge < -0.3 is 9.63 Å². The zero-order valence-corrected chi connectivity index (χ0v) is 6.83. The molecule has 0 fully saturated rings. The molecule has 1 rings (SSSR count). The quantitative estimate of drug-likeness (QED) is 0.693. The third-order valence-corrected chi connectivity index (χ3v) is 2.00. The van der Waals surface area contributed by atoms with E-state index in [-0.39, 0.29) is 0 Å². The fourth-order valence-corrected chi connectivity index (χ4v) is 1.03. The van der Waals surface area contributed by atoms with Crippen molar-refractivity contribution in [3.05, 3.63) is 11.8 Å². The molecular formula is C5H5NO5S. The Morgan fingerprint density at radius 1 is 1.67 bits per heavy atom. The number of hydrogen-bond donors (Lipinski definition) is 1. The third kappa shape index (κ3) is 1.62. The maximum absolute atomic E-state index is 10.7. The fraction of sp³-hybridized carbons (Fsp3) is 0.200. The van der Waals surface area contributed by atoms with Crippen LogP contribution in [0.4, 0.5) is 0 Å². The maximum atomic E-state index is 10.7. The molecule has 6 nitrogen and oxygen atoms in total. The van der Waals surface area contributed by atoms with Gasteiger partial charge in [0, 0.05) is 12.3 Å². The van der Waals surface area contributed by atoms with Crippen LogP contribution in [-0.2, 0) is 9.84 Å². The van der Waals surface area contributed by atoms with Crippen molar-refractivity contribution in [2.75, 3.05) is 6.26 Å². The minimum atomic E-state index is -3.51. The number of carboxylic acid groups (broad SMARTS) is 1. The van der Waals surface area contributed by atoms with Gasteiger partial charge in [-0.25, -0.2) is 13.2 Å². The van der Waals surface area contributed by atoms with Crippen molar-refractivity contribution < 1.29 is 22.8 Å². The van der Waals surface area contributed by atoms with E-state index in [1.165, 1.54) is 0 Å². The molecule has 66 valence electrons. The van der Waals surface area contributed by atoms with Crippen LogP contribution < -0.4 is 0 Å². The molecule has 1 N–H and O–H groups in total. The lowest BCUT2D eigenvalue weighted by atomic mass is 10.5. The minimum Gasteiger partial charge on any atom is -0.476 e. The Hall–Kier alpha value is -1.37. The predicted octanol–water partition coefficient (Wildman–Crippen LogP) is -0.224. The first-order valence-corrected chi connectivity index (χ1v) is 4.70. The fourth-order valence-electron chi connectivity index (χ4n) is 0.534. The van der Waals surface area contributed by atoms with Gasteiger partial charge in [-0.3, -0.25) is 0 Å². The highest BCUT2D eigenvalue weighted by atomic mass is 32.2. The second kappa shape index (κ2) is 2.59. The summed E-state index contributed by atoms with van der Waals surface area (Å²) in [6.45, 7) is 0. The van der Waals surface area contributed by atoms with Gasteiger partial charge in [-0.15, -0.1) is 0 Å². The van der Waals surface area contributed by atoms with Crippen molar-refractivity contribution in [3.8, 4) is 0 Å². The number of aromatic carboxylic acids is 1. The van der Waals surface area contributed by atoms with E-state index in [4.69, 9.17) is 5.11 Å². The molecule has 0 radical (unpaired) electrons. The number of hydrogen-bond acceptors (Lipinski definition) is 5. The van der Waals surface area contributed by atoms with E-state index in [1.807, 2.05) is 0 Å². The lowest BCUT2D eigenvalue weighted by Crippen LogP contribution is -1.96. The van der Waals surface area contributed by atoms with E-state index in [2.05, 4.69) is 9.68 Å². The summed E-state index contributed by atoms with van der Waals surface area (Å²) in [7, 11) is -3.51. The molecule has 0 atom stereocenters. The van der Waals surface area contributed by atoms with Crippen molar-refractivity contribution >= 4 is 15.8 Å². The Labute approximate surface area is 67.7 Å². The van der Waals surface area contributed by atoms with E-state index < -0.39 is 26.6 Å². The standard InChI is InChI=1S/C5H5NO5S/c1-12(9,10)4-2-3(5(7)8)6-11-4/h2H,1H3,(H,7,8). The molecule has 0 aliphatic heterocycles. The van der Waals surface area contributed by atoms with Crippen molar-refractivity contribution in [2.24, 2.45) is 0 Å². The van der Waals surface area contributed by atoms with Gasteiger partial charge >= 0.3 is 5.97 Å². The summed E-state index contributed by atoms with van der Waals surface area (Å²) in [6.07, 6.45) is 0.902. The zero-order chi connectivity index (χ0) is 9.35. The lowest BCUT2D eigenvalue weighted by molar-refractivity contribution is 0.0685. The molecule has 0 bridgehead atoms. The normalized spacial score (nSPS) is 11.4. The molecule has 0 aromatic carbocycles. The van der Waals surface area contributed by atoms with Gasteiger partial charge in [0.25, 0.3) is 5.09 Å². The first-order chi connectivity index (χ1) is 5.41. The first kappa shape index (κ1) is 8.72. The topological polar surface area (TPSA) is 97.5 Å². The van der Waals surface area contributed by atoms with E-state index >= 15 is 0 Å². The largest absolute Gasteiger partial charge is 0.476 e. The van der Waals surface area contributed by atoms with Crippen LogP contribution in [0.15, 0.2) is 15.7 Å². The Morgan fingerprint density at radius 3 is 2.50 bits per heavy atom. The molecular weight excluding hydrogens is 186 g/mol. The molecule has 0 aliphatic rings. The van der Waals surface area contributed by atoms with Gasteiger partial charge in [0.05, 0.1) is 0 Å². The Balaban J connectivity index is 3.17. The van der Waals surface area contributed by atoms with Crippen molar-refractivity contribution in [1.29, 1.82) is 0 Å². The molecule has 1 aromatic heterocycles. The van der Waals surface area contributed by atoms with Crippen LogP contribution in [0.3, 0.4) is 0 Å². The summed E-state index contributed by atoms with van der Waals surface area (Å²) in [5, 5.41) is 10.9. The van der Waals surface area contributed by atoms with Crippen LogP contribution in [0.1, 0.15) is 10.5 Å². The molecule has 0 saturated heterocycles. The van der Waals surface area contributed by atoms with Crippen LogP contribution >= 0.6 is 0 Å². The maximum Gasteiger partial charge on any atom is 0.358 e. The predicted molar refractivity (Wildman–Crippen MR) is 36.6 cm³/mol. The van der Waals surface area contributed by atoms with Gasteiger partial charge in [-0.05, 0) is 0 Å². The highest BCUT2D eigenvalue weighted by Gasteiger charge is 2.17. The van der Waals surface area contributed by atoms with Crippen molar-refractivity contribution in [3.63, 3.8) is 0 Å². The Bertz CT molecular complexity index is 403. The van der Waals surface area contributed by atoms with Crippen LogP contribution in [0.5, 0.6) is 0 Å². The number of aromatic nitrogens is 1. The average Bonchev–Trinajstić information content (AvgIpc) is 2.30.